The Morgan fingerprint density at radius 3 is 2.28 bits per heavy atom. The Hall–Kier alpha value is -2.12. The average molecular weight is 233 g/mol. The standard InChI is InChI=1S/C17H15N/c18-11-5-7-14-12-13-6-1-2-8-15(13)17-10-4-3-9-16(14)17/h1-10,12H,11,18H2. The highest BCUT2D eigenvalue weighted by molar-refractivity contribution is 6.10. The van der Waals surface area contributed by atoms with E-state index in [1.165, 1.54) is 27.1 Å². The Kier molecular flexibility index (Phi) is 2.83. The Labute approximate surface area is 107 Å². The molecule has 0 saturated carbocycles. The molecule has 88 valence electrons. The van der Waals surface area contributed by atoms with Gasteiger partial charge in [0.2, 0.25) is 0 Å². The molecule has 0 heterocycles. The van der Waals surface area contributed by atoms with E-state index in [1.54, 1.807) is 0 Å². The van der Waals surface area contributed by atoms with Crippen molar-refractivity contribution in [3.05, 3.63) is 66.2 Å². The lowest BCUT2D eigenvalue weighted by Gasteiger charge is -2.07. The van der Waals surface area contributed by atoms with Crippen molar-refractivity contribution in [1.29, 1.82) is 0 Å². The summed E-state index contributed by atoms with van der Waals surface area (Å²) in [5.41, 5.74) is 6.78. The SMILES string of the molecule is NCC=Cc1cc2ccccc2c2ccccc12. The van der Waals surface area contributed by atoms with Crippen LogP contribution in [0.1, 0.15) is 5.56 Å². The van der Waals surface area contributed by atoms with E-state index >= 15 is 0 Å². The molecule has 0 aliphatic carbocycles. The minimum atomic E-state index is 0.571. The zero-order valence-electron chi connectivity index (χ0n) is 10.1. The van der Waals surface area contributed by atoms with Gasteiger partial charge in [-0.05, 0) is 33.2 Å². The van der Waals surface area contributed by atoms with Crippen LogP contribution in [0.2, 0.25) is 0 Å². The van der Waals surface area contributed by atoms with Crippen molar-refractivity contribution in [3.8, 4) is 0 Å². The molecule has 0 bridgehead atoms. The van der Waals surface area contributed by atoms with Crippen molar-refractivity contribution in [3.63, 3.8) is 0 Å². The van der Waals surface area contributed by atoms with Gasteiger partial charge in [0.1, 0.15) is 0 Å². The van der Waals surface area contributed by atoms with Crippen LogP contribution in [-0.2, 0) is 0 Å². The quantitative estimate of drug-likeness (QED) is 0.666. The van der Waals surface area contributed by atoms with Crippen molar-refractivity contribution in [2.24, 2.45) is 5.73 Å². The van der Waals surface area contributed by atoms with Gasteiger partial charge in [-0.3, -0.25) is 0 Å². The summed E-state index contributed by atoms with van der Waals surface area (Å²) in [6, 6.07) is 19.2. The monoisotopic (exact) mass is 233 g/mol. The Morgan fingerprint density at radius 2 is 1.50 bits per heavy atom. The molecule has 0 unspecified atom stereocenters. The van der Waals surface area contributed by atoms with Gasteiger partial charge in [0.15, 0.2) is 0 Å². The summed E-state index contributed by atoms with van der Waals surface area (Å²) in [4.78, 5) is 0. The highest BCUT2D eigenvalue weighted by Crippen LogP contribution is 2.29. The Morgan fingerprint density at radius 1 is 0.833 bits per heavy atom. The van der Waals surface area contributed by atoms with Gasteiger partial charge in [-0.1, -0.05) is 60.7 Å². The molecule has 0 fully saturated rings. The first-order chi connectivity index (χ1) is 8.90. The van der Waals surface area contributed by atoms with E-state index in [4.69, 9.17) is 5.73 Å². The number of nitrogens with two attached hydrogens (primary N) is 1. The molecule has 0 aromatic heterocycles. The summed E-state index contributed by atoms with van der Waals surface area (Å²) in [5.74, 6) is 0. The summed E-state index contributed by atoms with van der Waals surface area (Å²) < 4.78 is 0. The molecule has 0 amide bonds. The van der Waals surface area contributed by atoms with Gasteiger partial charge in [-0.2, -0.15) is 0 Å². The highest BCUT2D eigenvalue weighted by Gasteiger charge is 2.03. The number of hydrogen-bond donors (Lipinski definition) is 1. The second-order valence-corrected chi connectivity index (χ2v) is 4.37. The second-order valence-electron chi connectivity index (χ2n) is 4.37. The van der Waals surface area contributed by atoms with Crippen LogP contribution >= 0.6 is 0 Å². The molecule has 3 rings (SSSR count). The lowest BCUT2D eigenvalue weighted by Crippen LogP contribution is -1.92. The van der Waals surface area contributed by atoms with Crippen molar-refractivity contribution in [1.82, 2.24) is 0 Å². The maximum atomic E-state index is 5.55. The van der Waals surface area contributed by atoms with Gasteiger partial charge in [0.05, 0.1) is 0 Å². The molecule has 0 aliphatic rings. The minimum Gasteiger partial charge on any atom is -0.327 e. The van der Waals surface area contributed by atoms with Crippen LogP contribution in [-0.4, -0.2) is 6.54 Å². The van der Waals surface area contributed by atoms with E-state index in [0.717, 1.165) is 0 Å². The van der Waals surface area contributed by atoms with Crippen molar-refractivity contribution in [2.75, 3.05) is 6.54 Å². The first kappa shape index (κ1) is 11.0. The van der Waals surface area contributed by atoms with E-state index in [2.05, 4.69) is 60.7 Å². The van der Waals surface area contributed by atoms with Gasteiger partial charge in [-0.25, -0.2) is 0 Å². The Bertz CT molecular complexity index is 726. The molecule has 2 N–H and O–H groups in total. The molecule has 0 atom stereocenters. The van der Waals surface area contributed by atoms with Crippen LogP contribution in [0.25, 0.3) is 27.6 Å². The lowest BCUT2D eigenvalue weighted by atomic mass is 9.97. The van der Waals surface area contributed by atoms with Gasteiger partial charge in [-0.15, -0.1) is 0 Å². The van der Waals surface area contributed by atoms with Crippen LogP contribution in [0.4, 0.5) is 0 Å². The highest BCUT2D eigenvalue weighted by atomic mass is 14.5. The molecule has 0 spiro atoms. The molecule has 0 saturated heterocycles. The molecular weight excluding hydrogens is 218 g/mol. The topological polar surface area (TPSA) is 26.0 Å². The van der Waals surface area contributed by atoms with Crippen molar-refractivity contribution >= 4 is 27.6 Å². The second kappa shape index (κ2) is 4.63. The van der Waals surface area contributed by atoms with E-state index in [0.29, 0.717) is 6.54 Å². The third kappa shape index (κ3) is 1.79. The third-order valence-corrected chi connectivity index (χ3v) is 3.23. The summed E-state index contributed by atoms with van der Waals surface area (Å²) in [6.07, 6.45) is 4.10. The summed E-state index contributed by atoms with van der Waals surface area (Å²) in [6.45, 7) is 0.571. The van der Waals surface area contributed by atoms with Crippen LogP contribution in [0, 0.1) is 0 Å². The van der Waals surface area contributed by atoms with Gasteiger partial charge >= 0.3 is 0 Å². The number of fused-ring (bicyclic) bond motifs is 3. The fraction of sp³-hybridized carbons (Fsp3) is 0.0588. The molecule has 1 nitrogen and oxygen atoms in total. The number of benzene rings is 3. The van der Waals surface area contributed by atoms with Gasteiger partial charge in [0, 0.05) is 6.54 Å². The van der Waals surface area contributed by atoms with Crippen LogP contribution in [0.5, 0.6) is 0 Å². The fourth-order valence-electron chi connectivity index (χ4n) is 2.42. The molecule has 1 heteroatoms. The fourth-order valence-corrected chi connectivity index (χ4v) is 2.42. The normalized spacial score (nSPS) is 11.6. The van der Waals surface area contributed by atoms with Crippen LogP contribution in [0.15, 0.2) is 60.7 Å². The molecule has 18 heavy (non-hydrogen) atoms. The maximum absolute atomic E-state index is 5.55. The largest absolute Gasteiger partial charge is 0.327 e. The smallest absolute Gasteiger partial charge is 0.0110 e. The van der Waals surface area contributed by atoms with E-state index in [9.17, 15) is 0 Å². The summed E-state index contributed by atoms with van der Waals surface area (Å²) in [7, 11) is 0. The van der Waals surface area contributed by atoms with Crippen molar-refractivity contribution < 1.29 is 0 Å². The van der Waals surface area contributed by atoms with E-state index in [-0.39, 0.29) is 0 Å². The zero-order valence-corrected chi connectivity index (χ0v) is 10.1. The first-order valence-electron chi connectivity index (χ1n) is 6.17. The van der Waals surface area contributed by atoms with Gasteiger partial charge in [0.25, 0.3) is 0 Å². The predicted molar refractivity (Wildman–Crippen MR) is 79.5 cm³/mol. The summed E-state index contributed by atoms with van der Waals surface area (Å²) in [5, 5.41) is 5.15. The number of rotatable bonds is 2. The number of hydrogen-bond acceptors (Lipinski definition) is 1. The predicted octanol–water partition coefficient (Wildman–Crippen LogP) is 3.96. The Balaban J connectivity index is 2.42. The first-order valence-corrected chi connectivity index (χ1v) is 6.17. The van der Waals surface area contributed by atoms with Crippen LogP contribution in [0.3, 0.4) is 0 Å². The molecule has 0 radical (unpaired) electrons. The molecule has 3 aromatic rings. The van der Waals surface area contributed by atoms with E-state index < -0.39 is 0 Å². The van der Waals surface area contributed by atoms with Crippen LogP contribution < -0.4 is 5.73 Å². The molecule has 0 aliphatic heterocycles. The lowest BCUT2D eigenvalue weighted by molar-refractivity contribution is 1.26. The average Bonchev–Trinajstić information content (AvgIpc) is 2.45. The van der Waals surface area contributed by atoms with E-state index in [1.807, 2.05) is 6.08 Å². The van der Waals surface area contributed by atoms with Crippen molar-refractivity contribution in [2.45, 2.75) is 0 Å². The maximum Gasteiger partial charge on any atom is 0.0110 e. The minimum absolute atomic E-state index is 0.571. The third-order valence-electron chi connectivity index (χ3n) is 3.23. The summed E-state index contributed by atoms with van der Waals surface area (Å²) >= 11 is 0. The zero-order chi connectivity index (χ0) is 12.4. The molecule has 3 aromatic carbocycles. The molecular formula is C17H15N. The van der Waals surface area contributed by atoms with Gasteiger partial charge < -0.3 is 5.73 Å².